The fourth-order valence-corrected chi connectivity index (χ4v) is 0. The summed E-state index contributed by atoms with van der Waals surface area (Å²) in [6.45, 7) is 24.0. The molecule has 13 heteroatoms. The monoisotopic (exact) mass is 555 g/mol. The van der Waals surface area contributed by atoms with E-state index in [0.717, 1.165) is 0 Å². The Morgan fingerprint density at radius 3 is 0.718 bits per heavy atom. The Bertz CT molecular complexity index is 519. The van der Waals surface area contributed by atoms with Gasteiger partial charge in [-0.1, -0.05) is 50.0 Å². The van der Waals surface area contributed by atoms with Gasteiger partial charge in [0.15, 0.2) is 0 Å². The number of carbonyl (C=O) groups is 4. The van der Waals surface area contributed by atoms with Gasteiger partial charge in [-0.05, 0) is 69.2 Å². The molecule has 0 aliphatic heterocycles. The van der Waals surface area contributed by atoms with E-state index in [1.807, 2.05) is 33.8 Å². The Morgan fingerprint density at radius 2 is 0.718 bits per heavy atom. The van der Waals surface area contributed by atoms with Crippen LogP contribution in [-0.2, 0) is 19.2 Å². The van der Waals surface area contributed by atoms with Crippen LogP contribution in [0.25, 0.3) is 0 Å². The third-order valence-electron chi connectivity index (χ3n) is 2.04. The highest BCUT2D eigenvalue weighted by atomic mass is 16.4. The first-order valence-electron chi connectivity index (χ1n) is 10.1. The third kappa shape index (κ3) is 163. The number of carboxylic acid groups (broad SMARTS) is 3. The maximum atomic E-state index is 10.0. The first-order valence-corrected chi connectivity index (χ1v) is 10.1. The lowest BCUT2D eigenvalue weighted by atomic mass is 9.98. The van der Waals surface area contributed by atoms with Gasteiger partial charge in [0.2, 0.25) is 0 Å². The molecule has 0 aliphatic carbocycles. The van der Waals surface area contributed by atoms with E-state index in [-0.39, 0.29) is 83.4 Å². The molecule has 8 nitrogen and oxygen atoms in total. The van der Waals surface area contributed by atoms with E-state index in [1.54, 1.807) is 55.4 Å². The molecule has 39 heavy (non-hydrogen) atoms. The van der Waals surface area contributed by atoms with Crippen LogP contribution in [0.3, 0.4) is 0 Å². The van der Waals surface area contributed by atoms with Crippen LogP contribution in [0.2, 0.25) is 0 Å². The van der Waals surface area contributed by atoms with Crippen LogP contribution in [0.15, 0.2) is 0 Å². The van der Waals surface area contributed by atoms with Gasteiger partial charge in [-0.15, -0.1) is 0 Å². The van der Waals surface area contributed by atoms with Crippen molar-refractivity contribution < 1.29 is 35.9 Å². The van der Waals surface area contributed by atoms with Crippen molar-refractivity contribution >= 4 is 65.8 Å². The molecule has 0 heterocycles. The molecule has 0 aromatic carbocycles. The molecule has 0 rings (SSSR count). The zero-order valence-corrected chi connectivity index (χ0v) is 25.0. The third-order valence-corrected chi connectivity index (χ3v) is 2.04. The predicted molar refractivity (Wildman–Crippen MR) is 176 cm³/mol. The van der Waals surface area contributed by atoms with E-state index in [0.29, 0.717) is 0 Å². The average molecular weight is 555 g/mol. The maximum absolute atomic E-state index is 10.0. The van der Waals surface area contributed by atoms with Crippen molar-refractivity contribution in [2.24, 2.45) is 22.7 Å². The van der Waals surface area contributed by atoms with Gasteiger partial charge >= 0.3 is 17.9 Å². The largest absolute Gasteiger partial charge is 0.481 e. The summed E-state index contributed by atoms with van der Waals surface area (Å²) in [5.41, 5.74) is -1.17. The quantitative estimate of drug-likeness (QED) is 0.334. The smallest absolute Gasteiger partial charge is 0.308 e. The van der Waals surface area contributed by atoms with Crippen LogP contribution in [0.1, 0.15) is 121 Å². The standard InChI is InChI=1S/2C5H10O2.C4H7N.C4H8O2.C3H6O.C2H6.3CH4.5B.H2/c2*1-5(2,3)4(6)7;1-4(2)3-5;1-3(2)4(5)6;1-3(2)4;1-2;;;;;;;;;/h2*1-3H3,(H,6,7);4H,1-2H3;3H,1-2H3,(H,5,6);1-2H3;1-2H3;3*1H4;;;;;;1H/i;;;;;;;;;;;;;;1+1. The number of carbonyl (C=O) groups excluding carboxylic acids is 1. The Hall–Kier alpha value is -2.11. The summed E-state index contributed by atoms with van der Waals surface area (Å²) in [6, 6.07) is 2.03. The molecule has 0 aromatic rings. The molecule has 0 unspecified atom stereocenters. The molecule has 0 aromatic heterocycles. The molecule has 0 aliphatic rings. The summed E-state index contributed by atoms with van der Waals surface area (Å²) in [5, 5.41) is 32.4. The van der Waals surface area contributed by atoms with Gasteiger partial charge in [-0.25, -0.2) is 0 Å². The molecular weight excluding hydrogens is 492 g/mol. The fraction of sp³-hybridized carbons (Fsp3) is 0.808. The van der Waals surface area contributed by atoms with Gasteiger partial charge in [-0.2, -0.15) is 5.26 Å². The zero-order chi connectivity index (χ0) is 27.2. The summed E-state index contributed by atoms with van der Waals surface area (Å²) >= 11 is 0. The molecule has 0 saturated heterocycles. The molecule has 0 amide bonds. The number of Topliss-reactive ketones (excluding diaryl/α,β-unsaturated/α-hetero) is 1. The minimum absolute atomic E-state index is 0. The number of hydrogen-bond donors (Lipinski definition) is 3. The van der Waals surface area contributed by atoms with Crippen molar-refractivity contribution in [1.29, 1.82) is 5.26 Å². The molecule has 0 fully saturated rings. The van der Waals surface area contributed by atoms with Gasteiger partial charge in [0.05, 0.1) is 22.8 Å². The number of aliphatic carboxylic acids is 3. The molecule has 0 spiro atoms. The SMILES string of the molecule is C.C.C.CC.CC(C)(C)C(=O)O.CC(C)(C)C(=O)O.CC(C)=O.CC(C)C#N.CC(C)C(=O)O.[2HH].[B].[B].[B].[B].[B]. The highest BCUT2D eigenvalue weighted by molar-refractivity contribution is 5.76. The van der Waals surface area contributed by atoms with Gasteiger partial charge in [0.1, 0.15) is 5.78 Å². The maximum Gasteiger partial charge on any atom is 0.308 e. The van der Waals surface area contributed by atoms with Crippen LogP contribution in [-0.4, -0.2) is 81.1 Å². The number of hydrogen-bond acceptors (Lipinski definition) is 5. The first kappa shape index (κ1) is 90.7. The normalized spacial score (nSPS) is 7.26. The van der Waals surface area contributed by atoms with E-state index in [9.17, 15) is 19.2 Å². The second-order valence-corrected chi connectivity index (χ2v) is 8.80. The van der Waals surface area contributed by atoms with Gasteiger partial charge in [0, 0.05) is 49.4 Å². The molecule has 3 N–H and O–H groups in total. The predicted octanol–water partition coefficient (Wildman–Crippen LogP) is 6.00. The van der Waals surface area contributed by atoms with Crippen molar-refractivity contribution in [3.05, 3.63) is 0 Å². The Kier molecular flexibility index (Phi) is 122. The molecular formula is C26H61B5NO7. The summed E-state index contributed by atoms with van der Waals surface area (Å²) in [5.74, 6) is -2.13. The van der Waals surface area contributed by atoms with Crippen LogP contribution in [0.5, 0.6) is 0 Å². The Balaban J connectivity index is -0.0000000141. The molecule has 0 bridgehead atoms. The lowest BCUT2D eigenvalue weighted by molar-refractivity contribution is -0.146. The number of nitriles is 1. The summed E-state index contributed by atoms with van der Waals surface area (Å²) in [6.07, 6.45) is 0. The second-order valence-electron chi connectivity index (χ2n) is 8.80. The van der Waals surface area contributed by atoms with E-state index >= 15 is 0 Å². The van der Waals surface area contributed by atoms with E-state index in [2.05, 4.69) is 0 Å². The molecule has 227 valence electrons. The van der Waals surface area contributed by atoms with Crippen molar-refractivity contribution in [3.8, 4) is 6.07 Å². The van der Waals surface area contributed by atoms with Crippen molar-refractivity contribution in [2.45, 2.75) is 119 Å². The van der Waals surface area contributed by atoms with Crippen LogP contribution in [0, 0.1) is 34.0 Å². The van der Waals surface area contributed by atoms with Crippen molar-refractivity contribution in [2.75, 3.05) is 0 Å². The Labute approximate surface area is 254 Å². The zero-order valence-electron chi connectivity index (χ0n) is 25.0. The lowest BCUT2D eigenvalue weighted by Gasteiger charge is -2.08. The summed E-state index contributed by atoms with van der Waals surface area (Å²) in [7, 11) is 0. The lowest BCUT2D eigenvalue weighted by Crippen LogP contribution is -2.18. The van der Waals surface area contributed by atoms with Gasteiger partial charge in [-0.3, -0.25) is 14.4 Å². The van der Waals surface area contributed by atoms with Crippen LogP contribution < -0.4 is 0 Å². The van der Waals surface area contributed by atoms with E-state index < -0.39 is 28.7 Å². The molecule has 0 saturated carbocycles. The number of carboxylic acids is 3. The highest BCUT2D eigenvalue weighted by Crippen LogP contribution is 2.11. The number of ketones is 1. The molecule has 15 radical (unpaired) electrons. The minimum Gasteiger partial charge on any atom is -0.481 e. The Morgan fingerprint density at radius 1 is 0.641 bits per heavy atom. The summed E-state index contributed by atoms with van der Waals surface area (Å²) in [4.78, 5) is 39.2. The van der Waals surface area contributed by atoms with Crippen molar-refractivity contribution in [3.63, 3.8) is 0 Å². The summed E-state index contributed by atoms with van der Waals surface area (Å²) < 4.78 is 0. The topological polar surface area (TPSA) is 153 Å². The second kappa shape index (κ2) is 52.3. The number of rotatable bonds is 1. The average Bonchev–Trinajstić information content (AvgIpc) is 2.55. The van der Waals surface area contributed by atoms with Gasteiger partial charge < -0.3 is 20.1 Å². The van der Waals surface area contributed by atoms with Gasteiger partial charge in [0.25, 0.3) is 0 Å². The highest BCUT2D eigenvalue weighted by Gasteiger charge is 2.19. The van der Waals surface area contributed by atoms with Crippen LogP contribution in [0.4, 0.5) is 0 Å². The van der Waals surface area contributed by atoms with Crippen LogP contribution >= 0.6 is 0 Å². The van der Waals surface area contributed by atoms with Crippen molar-refractivity contribution in [1.82, 2.24) is 0 Å². The minimum atomic E-state index is -0.757. The first-order chi connectivity index (χ1) is 13.5. The fourth-order valence-electron chi connectivity index (χ4n) is 0. The van der Waals surface area contributed by atoms with E-state index in [1.165, 1.54) is 13.8 Å². The number of nitrogens with zero attached hydrogens (tertiary/aromatic N) is 1. The molecule has 0 atom stereocenters. The van der Waals surface area contributed by atoms with E-state index in [4.69, 9.17) is 20.6 Å².